The Kier molecular flexibility index (Phi) is 8.88. The maximum atomic E-state index is 14.3. The number of para-hydroxylation sites is 1. The van der Waals surface area contributed by atoms with Crippen LogP contribution in [0.15, 0.2) is 78.4 Å². The predicted molar refractivity (Wildman–Crippen MR) is 180 cm³/mol. The SMILES string of the molecule is C=CCNc1c(C(=O)NC(C)c2nc3cccc(C#Cc4cnn(C5CN(CCO)C5)c4)c3c(=O)n2-c2ccccc2)c(N)nn1C. The number of carbonyl (C=O) groups is 1. The van der Waals surface area contributed by atoms with Crippen molar-refractivity contribution in [3.05, 3.63) is 106 Å². The number of nitrogens with one attached hydrogen (secondary N) is 2. The molecule has 47 heavy (non-hydrogen) atoms. The summed E-state index contributed by atoms with van der Waals surface area (Å²) in [5.74, 6) is 6.72. The molecule has 5 N–H and O–H groups in total. The summed E-state index contributed by atoms with van der Waals surface area (Å²) in [4.78, 5) is 35.0. The second-order valence-electron chi connectivity index (χ2n) is 11.3. The number of nitrogens with zero attached hydrogens (tertiary/aromatic N) is 7. The van der Waals surface area contributed by atoms with Crippen molar-refractivity contribution in [3.8, 4) is 17.5 Å². The highest BCUT2D eigenvalue weighted by Crippen LogP contribution is 2.25. The lowest BCUT2D eigenvalue weighted by molar-refractivity contribution is 0.0774. The Balaban J connectivity index is 1.36. The van der Waals surface area contributed by atoms with Crippen LogP contribution in [0.4, 0.5) is 11.6 Å². The average Bonchev–Trinajstić information content (AvgIpc) is 3.63. The molecule has 13 heteroatoms. The summed E-state index contributed by atoms with van der Waals surface area (Å²) in [6.45, 7) is 8.33. The van der Waals surface area contributed by atoms with Crippen molar-refractivity contribution >= 4 is 28.4 Å². The van der Waals surface area contributed by atoms with E-state index in [1.807, 2.05) is 41.2 Å². The Bertz CT molecular complexity index is 2060. The zero-order chi connectivity index (χ0) is 33.1. The molecule has 13 nitrogen and oxygen atoms in total. The number of carbonyl (C=O) groups excluding carboxylic acids is 1. The van der Waals surface area contributed by atoms with Gasteiger partial charge in [0.2, 0.25) is 0 Å². The molecule has 1 saturated heterocycles. The number of aliphatic hydroxyl groups is 1. The van der Waals surface area contributed by atoms with Crippen LogP contribution < -0.4 is 21.9 Å². The molecule has 0 bridgehead atoms. The lowest BCUT2D eigenvalue weighted by Crippen LogP contribution is -2.48. The molecule has 1 amide bonds. The van der Waals surface area contributed by atoms with Crippen molar-refractivity contribution in [1.82, 2.24) is 39.3 Å². The minimum Gasteiger partial charge on any atom is -0.395 e. The largest absolute Gasteiger partial charge is 0.395 e. The van der Waals surface area contributed by atoms with Crippen molar-refractivity contribution in [3.63, 3.8) is 0 Å². The first-order valence-corrected chi connectivity index (χ1v) is 15.3. The maximum absolute atomic E-state index is 14.3. The van der Waals surface area contributed by atoms with Gasteiger partial charge in [-0.1, -0.05) is 42.2 Å². The Morgan fingerprint density at radius 2 is 1.98 bits per heavy atom. The van der Waals surface area contributed by atoms with Crippen molar-refractivity contribution in [2.24, 2.45) is 7.05 Å². The van der Waals surface area contributed by atoms with Gasteiger partial charge in [-0.15, -0.1) is 6.58 Å². The van der Waals surface area contributed by atoms with Gasteiger partial charge in [-0.25, -0.2) is 4.98 Å². The second kappa shape index (κ2) is 13.3. The number of hydrogen-bond donors (Lipinski definition) is 4. The van der Waals surface area contributed by atoms with Gasteiger partial charge >= 0.3 is 0 Å². The summed E-state index contributed by atoms with van der Waals surface area (Å²) in [7, 11) is 1.69. The minimum absolute atomic E-state index is 0.0702. The number of amides is 1. The molecule has 2 aromatic carbocycles. The fraction of sp³-hybridized carbons (Fsp3) is 0.265. The van der Waals surface area contributed by atoms with Gasteiger partial charge in [-0.2, -0.15) is 10.2 Å². The first-order chi connectivity index (χ1) is 22.8. The molecular weight excluding hydrogens is 596 g/mol. The van der Waals surface area contributed by atoms with E-state index in [0.29, 0.717) is 46.9 Å². The highest BCUT2D eigenvalue weighted by molar-refractivity contribution is 6.03. The van der Waals surface area contributed by atoms with Crippen molar-refractivity contribution < 1.29 is 9.90 Å². The molecule has 1 atom stereocenters. The number of nitrogens with two attached hydrogens (primary N) is 1. The molecule has 6 rings (SSSR count). The van der Waals surface area contributed by atoms with Crippen molar-refractivity contribution in [2.75, 3.05) is 43.8 Å². The monoisotopic (exact) mass is 632 g/mol. The summed E-state index contributed by atoms with van der Waals surface area (Å²) in [5.41, 5.74) is 8.30. The van der Waals surface area contributed by atoms with E-state index in [2.05, 4.69) is 44.2 Å². The summed E-state index contributed by atoms with van der Waals surface area (Å²) in [6, 6.07) is 14.1. The van der Waals surface area contributed by atoms with Crippen LogP contribution in [0.25, 0.3) is 16.6 Å². The first kappa shape index (κ1) is 31.3. The van der Waals surface area contributed by atoms with E-state index in [9.17, 15) is 9.59 Å². The van der Waals surface area contributed by atoms with E-state index in [4.69, 9.17) is 15.8 Å². The molecular formula is C34H36N10O3. The Labute approximate surface area is 271 Å². The second-order valence-corrected chi connectivity index (χ2v) is 11.3. The lowest BCUT2D eigenvalue weighted by Gasteiger charge is -2.38. The number of anilines is 2. The molecule has 1 unspecified atom stereocenters. The highest BCUT2D eigenvalue weighted by Gasteiger charge is 2.28. The summed E-state index contributed by atoms with van der Waals surface area (Å²) in [6.07, 6.45) is 5.28. The number of aryl methyl sites for hydroxylation is 1. The molecule has 4 heterocycles. The fourth-order valence-corrected chi connectivity index (χ4v) is 5.72. The van der Waals surface area contributed by atoms with E-state index in [1.54, 1.807) is 44.4 Å². The molecule has 1 aliphatic heterocycles. The first-order valence-electron chi connectivity index (χ1n) is 15.3. The van der Waals surface area contributed by atoms with Gasteiger partial charge in [0.1, 0.15) is 17.2 Å². The van der Waals surface area contributed by atoms with Crippen LogP contribution in [0.2, 0.25) is 0 Å². The molecule has 0 aliphatic carbocycles. The molecule has 3 aromatic heterocycles. The molecule has 240 valence electrons. The summed E-state index contributed by atoms with van der Waals surface area (Å²) in [5, 5.41) is 24.3. The number of aromatic nitrogens is 6. The molecule has 0 spiro atoms. The summed E-state index contributed by atoms with van der Waals surface area (Å²) < 4.78 is 4.90. The number of hydrogen-bond acceptors (Lipinski definition) is 9. The van der Waals surface area contributed by atoms with Crippen LogP contribution in [0.3, 0.4) is 0 Å². The third-order valence-corrected chi connectivity index (χ3v) is 8.06. The third kappa shape index (κ3) is 6.24. The molecule has 1 fully saturated rings. The quantitative estimate of drug-likeness (QED) is 0.134. The van der Waals surface area contributed by atoms with Crippen LogP contribution >= 0.6 is 0 Å². The topological polar surface area (TPSA) is 161 Å². The van der Waals surface area contributed by atoms with Gasteiger partial charge in [0, 0.05) is 45.0 Å². The summed E-state index contributed by atoms with van der Waals surface area (Å²) >= 11 is 0. The Hall–Kier alpha value is -5.71. The molecule has 0 radical (unpaired) electrons. The van der Waals surface area contributed by atoms with Crippen LogP contribution in [0.5, 0.6) is 0 Å². The van der Waals surface area contributed by atoms with Crippen molar-refractivity contribution in [2.45, 2.75) is 19.0 Å². The zero-order valence-corrected chi connectivity index (χ0v) is 26.2. The molecule has 0 saturated carbocycles. The number of fused-ring (bicyclic) bond motifs is 1. The van der Waals surface area contributed by atoms with Gasteiger partial charge in [0.15, 0.2) is 5.82 Å². The molecule has 5 aromatic rings. The van der Waals surface area contributed by atoms with Gasteiger partial charge in [-0.05, 0) is 31.2 Å². The van der Waals surface area contributed by atoms with E-state index in [1.165, 1.54) is 9.25 Å². The Morgan fingerprint density at radius 1 is 1.19 bits per heavy atom. The number of likely N-dealkylation sites (tertiary alicyclic amines) is 1. The van der Waals surface area contributed by atoms with Crippen LogP contribution in [-0.4, -0.2) is 77.8 Å². The predicted octanol–water partition coefficient (Wildman–Crippen LogP) is 2.24. The third-order valence-electron chi connectivity index (χ3n) is 8.06. The smallest absolute Gasteiger partial charge is 0.267 e. The Morgan fingerprint density at radius 3 is 2.72 bits per heavy atom. The standard InChI is InChI=1S/C34H36N10O3/c1-4-15-36-32-29(30(35)40-41(32)3)33(46)38-22(2)31-39-27-12-8-9-24(28(27)34(47)44(31)25-10-6-5-7-11-25)14-13-23-18-37-43(19-23)26-20-42(21-26)16-17-45/h4-12,18-19,22,26,36,45H,1,15-17,20-21H2,2-3H3,(H2,35,40)(H,38,46). The number of nitrogen functional groups attached to an aromatic ring is 1. The van der Waals surface area contributed by atoms with E-state index >= 15 is 0 Å². The van der Waals surface area contributed by atoms with Crippen molar-refractivity contribution in [1.29, 1.82) is 0 Å². The highest BCUT2D eigenvalue weighted by atomic mass is 16.3. The molecule has 1 aliphatic rings. The fourth-order valence-electron chi connectivity index (χ4n) is 5.72. The van der Waals surface area contributed by atoms with E-state index in [-0.39, 0.29) is 29.6 Å². The maximum Gasteiger partial charge on any atom is 0.267 e. The number of aliphatic hydroxyl groups excluding tert-OH is 1. The normalized spacial score (nSPS) is 13.9. The van der Waals surface area contributed by atoms with Gasteiger partial charge < -0.3 is 21.5 Å². The zero-order valence-electron chi connectivity index (χ0n) is 26.2. The lowest BCUT2D eigenvalue weighted by atomic mass is 10.1. The average molecular weight is 633 g/mol. The number of rotatable bonds is 10. The number of benzene rings is 2. The van der Waals surface area contributed by atoms with Gasteiger partial charge in [-0.3, -0.25) is 28.4 Å². The van der Waals surface area contributed by atoms with E-state index in [0.717, 1.165) is 18.7 Å². The van der Waals surface area contributed by atoms with Crippen LogP contribution in [0.1, 0.15) is 46.3 Å². The minimum atomic E-state index is -0.702. The number of β-amino-alcohol motifs (C(OH)–C–C–N with tert-alkyl or cyclic N) is 1. The van der Waals surface area contributed by atoms with Gasteiger partial charge in [0.05, 0.1) is 47.0 Å². The van der Waals surface area contributed by atoms with Gasteiger partial charge in [0.25, 0.3) is 11.5 Å². The van der Waals surface area contributed by atoms with E-state index < -0.39 is 11.9 Å². The van der Waals surface area contributed by atoms with Crippen LogP contribution in [-0.2, 0) is 7.05 Å². The van der Waals surface area contributed by atoms with Crippen LogP contribution in [0, 0.1) is 11.8 Å².